The van der Waals surface area contributed by atoms with Crippen LogP contribution in [0.25, 0.3) is 5.69 Å². The Hall–Kier alpha value is -5.47. The number of para-hydroxylation sites is 1. The number of anilines is 1. The summed E-state index contributed by atoms with van der Waals surface area (Å²) in [5.41, 5.74) is -0.331. The molecule has 0 spiro atoms. The van der Waals surface area contributed by atoms with E-state index in [0.717, 1.165) is 30.3 Å². The fraction of sp³-hybridized carbons (Fsp3) is 0.212. The van der Waals surface area contributed by atoms with Crippen LogP contribution in [0, 0.1) is 5.82 Å². The van der Waals surface area contributed by atoms with Crippen LogP contribution < -0.4 is 15.5 Å². The summed E-state index contributed by atoms with van der Waals surface area (Å²) in [7, 11) is 0. The molecule has 8 nitrogen and oxygen atoms in total. The molecule has 3 aromatic carbocycles. The molecule has 0 fully saturated rings. The Labute approximate surface area is 268 Å². The van der Waals surface area contributed by atoms with Crippen LogP contribution in [0.15, 0.2) is 91.0 Å². The van der Waals surface area contributed by atoms with Crippen LogP contribution in [0.4, 0.5) is 36.6 Å². The quantitative estimate of drug-likeness (QED) is 0.176. The van der Waals surface area contributed by atoms with Crippen LogP contribution in [0.5, 0.6) is 0 Å². The van der Waals surface area contributed by atoms with Gasteiger partial charge in [-0.05, 0) is 55.0 Å². The molecule has 0 saturated carbocycles. The molecule has 1 aromatic heterocycles. The SMILES string of the molecule is CCN1C(=O)C(NC(=O)c2cccc(C(F)(F)F)c2)C(c2ccc(F)cc2)c2c(CNC(=O)/C=C/C(F)(F)F)nn(-c3ccccc3)c21. The number of fused-ring (bicyclic) bond motifs is 1. The van der Waals surface area contributed by atoms with Crippen molar-refractivity contribution in [3.05, 3.63) is 125 Å². The van der Waals surface area contributed by atoms with Gasteiger partial charge in [0.05, 0.1) is 23.5 Å². The van der Waals surface area contributed by atoms with Crippen molar-refractivity contribution in [2.24, 2.45) is 0 Å². The molecule has 0 bridgehead atoms. The van der Waals surface area contributed by atoms with Crippen LogP contribution in [0.1, 0.15) is 45.6 Å². The Kier molecular flexibility index (Phi) is 9.41. The number of nitrogens with zero attached hydrogens (tertiary/aromatic N) is 3. The minimum Gasteiger partial charge on any atom is -0.347 e. The van der Waals surface area contributed by atoms with Gasteiger partial charge >= 0.3 is 12.4 Å². The van der Waals surface area contributed by atoms with Crippen molar-refractivity contribution in [2.45, 2.75) is 37.8 Å². The van der Waals surface area contributed by atoms with Crippen LogP contribution in [-0.2, 0) is 22.3 Å². The van der Waals surface area contributed by atoms with Crippen molar-refractivity contribution in [3.8, 4) is 5.69 Å². The topological polar surface area (TPSA) is 96.3 Å². The molecule has 2 unspecified atom stereocenters. The average Bonchev–Trinajstić information content (AvgIpc) is 3.42. The van der Waals surface area contributed by atoms with Gasteiger partial charge in [-0.15, -0.1) is 0 Å². The van der Waals surface area contributed by atoms with Gasteiger partial charge in [-0.3, -0.25) is 19.3 Å². The number of alkyl halides is 6. The molecule has 0 radical (unpaired) electrons. The maximum atomic E-state index is 14.2. The fourth-order valence-corrected chi connectivity index (χ4v) is 5.45. The first kappa shape index (κ1) is 33.9. The molecule has 2 heterocycles. The number of aromatic nitrogens is 2. The zero-order chi connectivity index (χ0) is 34.8. The van der Waals surface area contributed by atoms with Crippen molar-refractivity contribution >= 4 is 23.5 Å². The Balaban J connectivity index is 1.67. The van der Waals surface area contributed by atoms with E-state index in [4.69, 9.17) is 0 Å². The highest BCUT2D eigenvalue weighted by Gasteiger charge is 2.46. The highest BCUT2D eigenvalue weighted by atomic mass is 19.4. The number of halogens is 7. The predicted molar refractivity (Wildman–Crippen MR) is 160 cm³/mol. The first-order chi connectivity index (χ1) is 22.7. The summed E-state index contributed by atoms with van der Waals surface area (Å²) < 4.78 is 93.9. The second-order valence-corrected chi connectivity index (χ2v) is 10.7. The largest absolute Gasteiger partial charge is 0.416 e. The average molecular weight is 674 g/mol. The molecule has 15 heteroatoms. The molecular weight excluding hydrogens is 647 g/mol. The third kappa shape index (κ3) is 7.24. The maximum Gasteiger partial charge on any atom is 0.416 e. The van der Waals surface area contributed by atoms with E-state index in [9.17, 15) is 45.1 Å². The van der Waals surface area contributed by atoms with Gasteiger partial charge in [-0.2, -0.15) is 31.4 Å². The summed E-state index contributed by atoms with van der Waals surface area (Å²) in [4.78, 5) is 41.4. The van der Waals surface area contributed by atoms with Crippen LogP contribution in [-0.4, -0.2) is 46.3 Å². The lowest BCUT2D eigenvalue weighted by Gasteiger charge is -2.38. The van der Waals surface area contributed by atoms with Gasteiger partial charge in [0.25, 0.3) is 11.8 Å². The summed E-state index contributed by atoms with van der Waals surface area (Å²) in [6.45, 7) is 1.23. The van der Waals surface area contributed by atoms with Crippen molar-refractivity contribution in [3.63, 3.8) is 0 Å². The summed E-state index contributed by atoms with van der Waals surface area (Å²) in [5, 5.41) is 9.54. The first-order valence-corrected chi connectivity index (χ1v) is 14.4. The summed E-state index contributed by atoms with van der Waals surface area (Å²) in [6.07, 6.45) is -9.43. The smallest absolute Gasteiger partial charge is 0.347 e. The molecule has 48 heavy (non-hydrogen) atoms. The monoisotopic (exact) mass is 673 g/mol. The summed E-state index contributed by atoms with van der Waals surface area (Å²) in [5.74, 6) is -4.32. The first-order valence-electron chi connectivity index (χ1n) is 14.4. The number of rotatable bonds is 8. The number of hydrogen-bond donors (Lipinski definition) is 2. The van der Waals surface area contributed by atoms with E-state index < -0.39 is 60.0 Å². The highest BCUT2D eigenvalue weighted by Crippen LogP contribution is 2.44. The normalized spacial score (nSPS) is 16.6. The van der Waals surface area contributed by atoms with Gasteiger partial charge in [0.2, 0.25) is 5.91 Å². The van der Waals surface area contributed by atoms with E-state index in [2.05, 4.69) is 15.7 Å². The molecule has 0 aliphatic carbocycles. The summed E-state index contributed by atoms with van der Waals surface area (Å²) >= 11 is 0. The highest BCUT2D eigenvalue weighted by molar-refractivity contribution is 6.05. The zero-order valence-corrected chi connectivity index (χ0v) is 24.9. The second kappa shape index (κ2) is 13.3. The minimum atomic E-state index is -4.75. The van der Waals surface area contributed by atoms with Gasteiger partial charge in [0, 0.05) is 35.7 Å². The van der Waals surface area contributed by atoms with E-state index in [1.54, 1.807) is 37.3 Å². The third-order valence-corrected chi connectivity index (χ3v) is 7.54. The molecule has 250 valence electrons. The lowest BCUT2D eigenvalue weighted by Crippen LogP contribution is -2.55. The van der Waals surface area contributed by atoms with Gasteiger partial charge in [-0.25, -0.2) is 9.07 Å². The van der Waals surface area contributed by atoms with E-state index in [1.165, 1.54) is 21.7 Å². The van der Waals surface area contributed by atoms with E-state index in [1.807, 2.05) is 0 Å². The lowest BCUT2D eigenvalue weighted by molar-refractivity contribution is -0.137. The number of allylic oxidation sites excluding steroid dienone is 1. The maximum absolute atomic E-state index is 14.2. The van der Waals surface area contributed by atoms with Crippen molar-refractivity contribution in [2.75, 3.05) is 11.4 Å². The Bertz CT molecular complexity index is 1850. The number of likely N-dealkylation sites (N-methyl/N-ethyl adjacent to an activating group) is 1. The van der Waals surface area contributed by atoms with E-state index in [0.29, 0.717) is 23.4 Å². The Morgan fingerprint density at radius 3 is 2.25 bits per heavy atom. The van der Waals surface area contributed by atoms with Gasteiger partial charge in [0.15, 0.2) is 0 Å². The van der Waals surface area contributed by atoms with Gasteiger partial charge < -0.3 is 10.6 Å². The van der Waals surface area contributed by atoms with Gasteiger partial charge in [0.1, 0.15) is 17.7 Å². The molecule has 2 N–H and O–H groups in total. The molecule has 5 rings (SSSR count). The number of carbonyl (C=O) groups excluding carboxylic acids is 3. The molecule has 3 amide bonds. The number of hydrogen-bond acceptors (Lipinski definition) is 4. The van der Waals surface area contributed by atoms with Gasteiger partial charge in [-0.1, -0.05) is 36.4 Å². The molecule has 1 aliphatic heterocycles. The standard InChI is InChI=1S/C33H26F7N5O3/c1-2-44-30-27(24(18-41-25(46)15-16-32(35,36)37)43-45(30)23-9-4-3-5-10-23)26(19-11-13-22(34)14-12-19)28(31(44)48)42-29(47)20-7-6-8-21(17-20)33(38,39)40/h3-17,26,28H,2,18H2,1H3,(H,41,46)(H,42,47)/b16-15+. The van der Waals surface area contributed by atoms with Crippen molar-refractivity contribution < 1.29 is 45.1 Å². The third-order valence-electron chi connectivity index (χ3n) is 7.54. The molecular formula is C33H26F7N5O3. The van der Waals surface area contributed by atoms with Crippen LogP contribution in [0.2, 0.25) is 0 Å². The zero-order valence-electron chi connectivity index (χ0n) is 24.9. The van der Waals surface area contributed by atoms with Crippen molar-refractivity contribution in [1.29, 1.82) is 0 Å². The van der Waals surface area contributed by atoms with Crippen molar-refractivity contribution in [1.82, 2.24) is 20.4 Å². The molecule has 0 saturated heterocycles. The molecule has 1 aliphatic rings. The Morgan fingerprint density at radius 1 is 0.938 bits per heavy atom. The summed E-state index contributed by atoms with van der Waals surface area (Å²) in [6, 6.07) is 15.6. The number of nitrogens with one attached hydrogen (secondary N) is 2. The Morgan fingerprint density at radius 2 is 1.62 bits per heavy atom. The lowest BCUT2D eigenvalue weighted by atomic mass is 9.80. The molecule has 4 aromatic rings. The fourth-order valence-electron chi connectivity index (χ4n) is 5.45. The van der Waals surface area contributed by atoms with Crippen LogP contribution >= 0.6 is 0 Å². The predicted octanol–water partition coefficient (Wildman–Crippen LogP) is 6.06. The second-order valence-electron chi connectivity index (χ2n) is 10.7. The van der Waals surface area contributed by atoms with Crippen LogP contribution in [0.3, 0.4) is 0 Å². The van der Waals surface area contributed by atoms with E-state index >= 15 is 0 Å². The number of carbonyl (C=O) groups is 3. The minimum absolute atomic E-state index is 0.0244. The van der Waals surface area contributed by atoms with E-state index in [-0.39, 0.29) is 35.3 Å². The number of amides is 3. The number of benzene rings is 3. The molecule has 2 atom stereocenters.